The van der Waals surface area contributed by atoms with Gasteiger partial charge in [-0.15, -0.1) is 0 Å². The first-order valence-corrected chi connectivity index (χ1v) is 10.3. The molecule has 0 saturated heterocycles. The first kappa shape index (κ1) is 21.4. The number of hydrogen-bond acceptors (Lipinski definition) is 5. The van der Waals surface area contributed by atoms with Crippen LogP contribution in [0.15, 0.2) is 29.2 Å². The van der Waals surface area contributed by atoms with Crippen LogP contribution in [0.1, 0.15) is 36.8 Å². The number of sulfonamides is 1. The number of carboxylic acids is 1. The summed E-state index contributed by atoms with van der Waals surface area (Å²) in [4.78, 5) is 14.8. The van der Waals surface area contributed by atoms with Crippen LogP contribution in [0.5, 0.6) is 0 Å². The lowest BCUT2D eigenvalue weighted by atomic mass is 10.2. The van der Waals surface area contributed by atoms with Crippen molar-refractivity contribution in [1.82, 2.24) is 14.3 Å². The van der Waals surface area contributed by atoms with Crippen molar-refractivity contribution in [2.45, 2.75) is 44.2 Å². The van der Waals surface area contributed by atoms with Gasteiger partial charge in [-0.1, -0.05) is 37.1 Å². The molecule has 0 atom stereocenters. The van der Waals surface area contributed by atoms with Gasteiger partial charge in [0.2, 0.25) is 10.0 Å². The number of imidazole rings is 1. The summed E-state index contributed by atoms with van der Waals surface area (Å²) in [6.07, 6.45) is 2.65. The van der Waals surface area contributed by atoms with Crippen LogP contribution in [0.25, 0.3) is 0 Å². The Morgan fingerprint density at radius 2 is 1.96 bits per heavy atom. The molecule has 1 aromatic carbocycles. The van der Waals surface area contributed by atoms with Crippen molar-refractivity contribution in [2.75, 3.05) is 6.54 Å². The van der Waals surface area contributed by atoms with E-state index in [-0.39, 0.29) is 16.7 Å². The maximum atomic E-state index is 12.0. The number of aromatic nitrogens is 2. The van der Waals surface area contributed by atoms with Crippen LogP contribution in [-0.4, -0.2) is 40.7 Å². The molecule has 2 rings (SSSR count). The van der Waals surface area contributed by atoms with Crippen LogP contribution in [-0.2, 0) is 34.4 Å². The van der Waals surface area contributed by atoms with Crippen LogP contribution in [0, 0.1) is 0 Å². The highest BCUT2D eigenvalue weighted by Gasteiger charge is 2.17. The normalized spacial score (nSPS) is 11.7. The number of hydrogen-bond donors (Lipinski definition) is 3. The van der Waals surface area contributed by atoms with Crippen LogP contribution >= 0.6 is 11.6 Å². The van der Waals surface area contributed by atoms with E-state index in [9.17, 15) is 18.3 Å². The number of rotatable bonds is 10. The number of aliphatic hydroxyl groups excluding tert-OH is 1. The lowest BCUT2D eigenvalue weighted by Crippen LogP contribution is -2.29. The molecule has 0 radical (unpaired) electrons. The minimum Gasteiger partial charge on any atom is -0.480 e. The second kappa shape index (κ2) is 9.32. The fourth-order valence-corrected chi connectivity index (χ4v) is 3.80. The summed E-state index contributed by atoms with van der Waals surface area (Å²) in [5, 5.41) is 18.5. The molecule has 148 valence electrons. The molecule has 0 aliphatic carbocycles. The average molecular weight is 416 g/mol. The smallest absolute Gasteiger partial charge is 0.318 e. The van der Waals surface area contributed by atoms with Gasteiger partial charge < -0.3 is 14.8 Å². The number of carboxylic acid groups (broad SMARTS) is 1. The van der Waals surface area contributed by atoms with E-state index in [1.165, 1.54) is 12.1 Å². The third-order valence-electron chi connectivity index (χ3n) is 3.99. The summed E-state index contributed by atoms with van der Waals surface area (Å²) in [6, 6.07) is 6.08. The van der Waals surface area contributed by atoms with Gasteiger partial charge in [-0.05, 0) is 24.1 Å². The summed E-state index contributed by atoms with van der Waals surface area (Å²) in [5.41, 5.74) is 1.32. The van der Waals surface area contributed by atoms with E-state index < -0.39 is 22.5 Å². The topological polar surface area (TPSA) is 122 Å². The van der Waals surface area contributed by atoms with Crippen molar-refractivity contribution in [2.24, 2.45) is 0 Å². The molecule has 27 heavy (non-hydrogen) atoms. The summed E-state index contributed by atoms with van der Waals surface area (Å²) in [6.45, 7) is 1.53. The number of aryl methyl sites for hydroxylation is 1. The van der Waals surface area contributed by atoms with E-state index in [0.29, 0.717) is 12.2 Å². The minimum absolute atomic E-state index is 0.0234. The predicted molar refractivity (Wildman–Crippen MR) is 100 cm³/mol. The molecular weight excluding hydrogens is 394 g/mol. The van der Waals surface area contributed by atoms with E-state index in [1.54, 1.807) is 12.1 Å². The fraction of sp³-hybridized carbons (Fsp3) is 0.412. The number of halogens is 1. The number of nitrogens with zero attached hydrogens (tertiary/aromatic N) is 2. The highest BCUT2D eigenvalue weighted by Crippen LogP contribution is 2.21. The zero-order valence-corrected chi connectivity index (χ0v) is 16.4. The highest BCUT2D eigenvalue weighted by atomic mass is 35.5. The van der Waals surface area contributed by atoms with Gasteiger partial charge >= 0.3 is 5.97 Å². The first-order valence-electron chi connectivity index (χ1n) is 8.43. The summed E-state index contributed by atoms with van der Waals surface area (Å²) in [5.74, 6) is -0.492. The van der Waals surface area contributed by atoms with Crippen LogP contribution < -0.4 is 4.72 Å². The second-order valence-electron chi connectivity index (χ2n) is 5.98. The molecule has 10 heteroatoms. The zero-order valence-electron chi connectivity index (χ0n) is 14.9. The molecule has 8 nitrogen and oxygen atoms in total. The molecule has 0 amide bonds. The lowest BCUT2D eigenvalue weighted by molar-refractivity contribution is -0.135. The Bertz CT molecular complexity index is 894. The van der Waals surface area contributed by atoms with Crippen LogP contribution in [0.2, 0.25) is 5.15 Å². The molecule has 0 saturated carbocycles. The third-order valence-corrected chi connectivity index (χ3v) is 5.71. The molecule has 3 N–H and O–H groups in total. The molecular formula is C17H22ClN3O5S. The lowest BCUT2D eigenvalue weighted by Gasteiger charge is -2.12. The minimum atomic E-state index is -3.88. The van der Waals surface area contributed by atoms with Crippen molar-refractivity contribution in [3.05, 3.63) is 46.5 Å². The van der Waals surface area contributed by atoms with Crippen molar-refractivity contribution >= 4 is 27.6 Å². The van der Waals surface area contributed by atoms with Gasteiger partial charge in [0.25, 0.3) is 0 Å². The standard InChI is InChI=1S/C17H22ClN3O5S/c1-2-3-4-15-20-17(18)14(11-22)21(15)10-12-5-7-13(8-6-12)27(25,26)19-9-16(23)24/h5-8,19,22H,2-4,9-11H2,1H3,(H,23,24). The molecule has 0 spiro atoms. The number of aliphatic hydroxyl groups is 1. The largest absolute Gasteiger partial charge is 0.480 e. The van der Waals surface area contributed by atoms with Gasteiger partial charge in [0.05, 0.1) is 17.2 Å². The highest BCUT2D eigenvalue weighted by molar-refractivity contribution is 7.89. The quantitative estimate of drug-likeness (QED) is 0.543. The molecule has 0 aliphatic rings. The average Bonchev–Trinajstić information content (AvgIpc) is 2.93. The Hall–Kier alpha value is -1.94. The van der Waals surface area contributed by atoms with Gasteiger partial charge in [0.15, 0.2) is 5.15 Å². The van der Waals surface area contributed by atoms with Crippen LogP contribution in [0.4, 0.5) is 0 Å². The Morgan fingerprint density at radius 1 is 1.30 bits per heavy atom. The van der Waals surface area contributed by atoms with E-state index in [2.05, 4.69) is 11.9 Å². The summed E-state index contributed by atoms with van der Waals surface area (Å²) < 4.78 is 27.9. The molecule has 0 aliphatic heterocycles. The molecule has 0 unspecified atom stereocenters. The third kappa shape index (κ3) is 5.52. The van der Waals surface area contributed by atoms with Gasteiger partial charge in [0, 0.05) is 13.0 Å². The van der Waals surface area contributed by atoms with E-state index in [4.69, 9.17) is 16.7 Å². The van der Waals surface area contributed by atoms with Crippen molar-refractivity contribution in [3.63, 3.8) is 0 Å². The number of aliphatic carboxylic acids is 1. The number of benzene rings is 1. The SMILES string of the molecule is CCCCc1nc(Cl)c(CO)n1Cc1ccc(S(=O)(=O)NCC(=O)O)cc1. The predicted octanol–water partition coefficient (Wildman–Crippen LogP) is 1.78. The Labute approximate surface area is 162 Å². The molecule has 1 aromatic heterocycles. The monoisotopic (exact) mass is 415 g/mol. The van der Waals surface area contributed by atoms with Gasteiger partial charge in [-0.3, -0.25) is 4.79 Å². The van der Waals surface area contributed by atoms with E-state index in [1.807, 2.05) is 9.29 Å². The van der Waals surface area contributed by atoms with E-state index >= 15 is 0 Å². The molecule has 1 heterocycles. The molecule has 0 fully saturated rings. The summed E-state index contributed by atoms with van der Waals surface area (Å²) >= 11 is 6.11. The maximum Gasteiger partial charge on any atom is 0.318 e. The van der Waals surface area contributed by atoms with Crippen molar-refractivity contribution in [1.29, 1.82) is 0 Å². The maximum absolute atomic E-state index is 12.0. The second-order valence-corrected chi connectivity index (χ2v) is 8.10. The summed E-state index contributed by atoms with van der Waals surface area (Å²) in [7, 11) is -3.88. The Morgan fingerprint density at radius 3 is 2.52 bits per heavy atom. The molecule has 0 bridgehead atoms. The number of nitrogens with one attached hydrogen (secondary N) is 1. The van der Waals surface area contributed by atoms with Gasteiger partial charge in [-0.2, -0.15) is 4.72 Å². The van der Waals surface area contributed by atoms with Crippen molar-refractivity contribution in [3.8, 4) is 0 Å². The van der Waals surface area contributed by atoms with Crippen molar-refractivity contribution < 1.29 is 23.4 Å². The zero-order chi connectivity index (χ0) is 20.0. The number of carbonyl (C=O) groups is 1. The Balaban J connectivity index is 2.23. The van der Waals surface area contributed by atoms with E-state index in [0.717, 1.165) is 30.7 Å². The fourth-order valence-electron chi connectivity index (χ4n) is 2.57. The Kier molecular flexibility index (Phi) is 7.37. The molecule has 2 aromatic rings. The van der Waals surface area contributed by atoms with Gasteiger partial charge in [-0.25, -0.2) is 13.4 Å². The first-order chi connectivity index (χ1) is 12.8. The van der Waals surface area contributed by atoms with Crippen LogP contribution in [0.3, 0.4) is 0 Å². The number of unbranched alkanes of at least 4 members (excludes halogenated alkanes) is 1. The van der Waals surface area contributed by atoms with Gasteiger partial charge in [0.1, 0.15) is 12.4 Å².